The maximum Gasteiger partial charge on any atom is 0.329 e. The number of hydrogen-bond donors (Lipinski definition) is 2. The molecule has 0 saturated carbocycles. The number of carbonyl (C=O) groups is 10. The van der Waals surface area contributed by atoms with Crippen LogP contribution in [0.4, 0.5) is 11.4 Å². The van der Waals surface area contributed by atoms with Crippen molar-refractivity contribution in [1.29, 1.82) is 0 Å². The maximum absolute atomic E-state index is 15.3. The first-order chi connectivity index (χ1) is 43.0. The Bertz CT molecular complexity index is 3100. The molecule has 6 amide bonds. The fourth-order valence-corrected chi connectivity index (χ4v) is 11.4. The lowest BCUT2D eigenvalue weighted by atomic mass is 9.99. The number of cyclic esters (lactones) is 4. The maximum atomic E-state index is 15.3. The van der Waals surface area contributed by atoms with Crippen molar-refractivity contribution in [3.63, 3.8) is 0 Å². The first-order valence-electron chi connectivity index (χ1n) is 31.7. The number of likely N-dealkylation sites (N-methyl/N-ethyl adjacent to an activating group) is 4. The van der Waals surface area contributed by atoms with Gasteiger partial charge >= 0.3 is 23.9 Å². The Morgan fingerprint density at radius 1 is 0.446 bits per heavy atom. The Hall–Kier alpha value is -8.44. The summed E-state index contributed by atoms with van der Waals surface area (Å²) in [5, 5.41) is 14.9. The Morgan fingerprint density at radius 3 is 1.00 bits per heavy atom. The number of amides is 6. The van der Waals surface area contributed by atoms with Gasteiger partial charge in [-0.1, -0.05) is 104 Å². The van der Waals surface area contributed by atoms with Gasteiger partial charge in [-0.15, -0.1) is 0 Å². The second-order valence-electron chi connectivity index (χ2n) is 26.2. The van der Waals surface area contributed by atoms with Gasteiger partial charge in [-0.3, -0.25) is 38.1 Å². The number of rotatable bonds is 18. The summed E-state index contributed by atoms with van der Waals surface area (Å²) in [6.45, 7) is 27.9. The molecule has 8 atom stereocenters. The molecule has 0 bridgehead atoms. The number of aromatic nitrogens is 4. The first-order valence-corrected chi connectivity index (χ1v) is 31.7. The molecule has 504 valence electrons. The van der Waals surface area contributed by atoms with E-state index in [0.29, 0.717) is 45.3 Å². The highest BCUT2D eigenvalue weighted by atomic mass is 16.6. The molecule has 92 heavy (non-hydrogen) atoms. The summed E-state index contributed by atoms with van der Waals surface area (Å²) < 4.78 is 27.9. The van der Waals surface area contributed by atoms with Crippen molar-refractivity contribution in [3.8, 4) is 0 Å². The smallest absolute Gasteiger partial charge is 0.329 e. The van der Waals surface area contributed by atoms with E-state index in [0.717, 1.165) is 30.7 Å². The van der Waals surface area contributed by atoms with E-state index in [1.807, 2.05) is 93.5 Å². The number of nitrogens with one attached hydrogen (secondary N) is 2. The molecule has 2 N–H and O–H groups in total. The van der Waals surface area contributed by atoms with Crippen LogP contribution in [0.1, 0.15) is 154 Å². The molecule has 4 aromatic rings. The molecular weight excluding hydrogens is 1180 g/mol. The third-order valence-corrected chi connectivity index (χ3v) is 16.3. The van der Waals surface area contributed by atoms with Crippen LogP contribution < -0.4 is 10.6 Å². The van der Waals surface area contributed by atoms with E-state index in [2.05, 4.69) is 20.8 Å². The molecule has 1 fully saturated rings. The lowest BCUT2D eigenvalue weighted by Gasteiger charge is -2.35. The number of aryl methyl sites for hydroxylation is 2. The zero-order chi connectivity index (χ0) is 68.9. The number of benzene rings is 2. The molecule has 0 unspecified atom stereocenters. The van der Waals surface area contributed by atoms with Crippen LogP contribution in [0.5, 0.6) is 0 Å². The minimum atomic E-state index is -1.61. The lowest BCUT2D eigenvalue weighted by Crippen LogP contribution is -2.55. The monoisotopic (exact) mass is 1280 g/mol. The number of hydrogen-bond acceptors (Lipinski definition) is 16. The molecule has 2 aromatic carbocycles. The summed E-state index contributed by atoms with van der Waals surface area (Å²) in [7, 11) is 5.48. The van der Waals surface area contributed by atoms with Crippen molar-refractivity contribution in [2.45, 2.75) is 211 Å². The standard InChI is InChI=1S/C68H98N10O14/c1-37(2)27-53-65(85)89-45(13)61(81)73(17)56(30-40(7)8)68(88)92-58(34-50-24-22-26-52(32-50)36-78-44(12)60(42(10)72-78)70-48(16)80)64(84)76(20)54(28-38(3)4)66(86)90-46(14)62(82)74(18)55(29-39(5)6)67(87)91-57(63(83)75(53)19)33-49-23-21-25-51(31-49)35-77-43(11)59(41(9)71-77)69-47(15)79/h21-26,31-32,37-40,45-46,53-58H,27-30,33-36H2,1-20H3,(H,69,79)(H,70,80)/t45-,46-,53-,54-,55-,56-,57+,58+/m0/s1. The minimum Gasteiger partial charge on any atom is -0.451 e. The lowest BCUT2D eigenvalue weighted by molar-refractivity contribution is -0.176. The van der Waals surface area contributed by atoms with Crippen LogP contribution in [0.3, 0.4) is 0 Å². The molecule has 0 aliphatic carbocycles. The van der Waals surface area contributed by atoms with Gasteiger partial charge in [-0.2, -0.15) is 10.2 Å². The van der Waals surface area contributed by atoms with Crippen molar-refractivity contribution in [2.75, 3.05) is 38.8 Å². The van der Waals surface area contributed by atoms with E-state index in [4.69, 9.17) is 18.9 Å². The van der Waals surface area contributed by atoms with Crippen LogP contribution in [0, 0.1) is 51.4 Å². The van der Waals surface area contributed by atoms with E-state index < -0.39 is 96.1 Å². The fraction of sp³-hybridized carbons (Fsp3) is 0.588. The Kier molecular flexibility index (Phi) is 26.4. The normalized spacial score (nSPS) is 21.7. The molecule has 24 nitrogen and oxygen atoms in total. The number of esters is 4. The van der Waals surface area contributed by atoms with Gasteiger partial charge in [-0.05, 0) is 113 Å². The van der Waals surface area contributed by atoms with Crippen LogP contribution in [-0.2, 0) is 92.8 Å². The van der Waals surface area contributed by atoms with Gasteiger partial charge in [0.25, 0.3) is 23.6 Å². The van der Waals surface area contributed by atoms with Crippen molar-refractivity contribution in [1.82, 2.24) is 39.2 Å². The molecule has 1 aliphatic heterocycles. The highest BCUT2D eigenvalue weighted by Crippen LogP contribution is 2.27. The van der Waals surface area contributed by atoms with Crippen LogP contribution in [-0.4, -0.2) is 175 Å². The van der Waals surface area contributed by atoms with Crippen molar-refractivity contribution in [2.24, 2.45) is 23.7 Å². The number of anilines is 2. The summed E-state index contributed by atoms with van der Waals surface area (Å²) in [5.41, 5.74) is 6.41. The third-order valence-electron chi connectivity index (χ3n) is 16.3. The van der Waals surface area contributed by atoms with Gasteiger partial charge in [-0.25, -0.2) is 19.2 Å². The van der Waals surface area contributed by atoms with Crippen molar-refractivity contribution >= 4 is 70.7 Å². The average Bonchev–Trinajstić information content (AvgIpc) is 1.34. The summed E-state index contributed by atoms with van der Waals surface area (Å²) in [6, 6.07) is 9.02. The summed E-state index contributed by atoms with van der Waals surface area (Å²) in [5.74, 6) is -8.46. The van der Waals surface area contributed by atoms with Crippen LogP contribution in [0.2, 0.25) is 0 Å². The summed E-state index contributed by atoms with van der Waals surface area (Å²) in [4.78, 5) is 148. The summed E-state index contributed by atoms with van der Waals surface area (Å²) in [6.07, 6.45) is -6.57. The second kappa shape index (κ2) is 32.7. The highest BCUT2D eigenvalue weighted by molar-refractivity contribution is 5.95. The van der Waals surface area contributed by atoms with Crippen molar-refractivity contribution in [3.05, 3.63) is 93.6 Å². The Labute approximate surface area is 541 Å². The summed E-state index contributed by atoms with van der Waals surface area (Å²) >= 11 is 0. The fourth-order valence-electron chi connectivity index (χ4n) is 11.4. The van der Waals surface area contributed by atoms with Gasteiger partial charge in [0.05, 0.1) is 47.2 Å². The molecule has 2 aromatic heterocycles. The third kappa shape index (κ3) is 19.8. The van der Waals surface area contributed by atoms with E-state index in [9.17, 15) is 38.4 Å². The van der Waals surface area contributed by atoms with Gasteiger partial charge in [0.1, 0.15) is 24.2 Å². The predicted octanol–water partition coefficient (Wildman–Crippen LogP) is 7.30. The zero-order valence-electron chi connectivity index (χ0n) is 57.5. The topological polar surface area (TPSA) is 280 Å². The molecule has 24 heteroatoms. The van der Waals surface area contributed by atoms with E-state index in [-0.39, 0.29) is 87.1 Å². The predicted molar refractivity (Wildman–Crippen MR) is 345 cm³/mol. The molecule has 1 saturated heterocycles. The number of carbonyl (C=O) groups excluding carboxylic acids is 10. The number of nitrogens with zero attached hydrogens (tertiary/aromatic N) is 8. The van der Waals surface area contributed by atoms with Gasteiger partial charge < -0.3 is 49.2 Å². The Morgan fingerprint density at radius 2 is 0.717 bits per heavy atom. The number of ether oxygens (including phenoxy) is 4. The SMILES string of the molecule is CC(=O)Nc1c(C)nn(Cc2cccc(C[C@H]3OC(=O)[C@H](CC(C)C)N(C)C(=O)[C@H](C)OC(=O)[C@H](CC(C)C)N(C)C(=O)[C@@H](Cc4cccc(Cn5nc(C)c(NC(C)=O)c5C)c4)OC(=O)[C@H](CC(C)C)N(C)C(=O)[C@H](C)OC(=O)[C@H](CC(C)C)N(C)C3=O)c2)c1C. The molecule has 5 rings (SSSR count). The van der Waals surface area contributed by atoms with Gasteiger partial charge in [0.2, 0.25) is 11.8 Å². The average molecular weight is 1280 g/mol. The second-order valence-corrected chi connectivity index (χ2v) is 26.2. The van der Waals surface area contributed by atoms with Crippen LogP contribution in [0.15, 0.2) is 48.5 Å². The zero-order valence-corrected chi connectivity index (χ0v) is 57.5. The van der Waals surface area contributed by atoms with Gasteiger partial charge in [0.15, 0.2) is 24.4 Å². The quantitative estimate of drug-likeness (QED) is 0.0730. The molecule has 3 heterocycles. The van der Waals surface area contributed by atoms with Crippen molar-refractivity contribution < 1.29 is 66.9 Å². The first kappa shape index (κ1) is 74.3. The van der Waals surface area contributed by atoms with E-state index >= 15 is 9.59 Å². The largest absolute Gasteiger partial charge is 0.451 e. The van der Waals surface area contributed by atoms with Gasteiger partial charge in [0, 0.05) is 54.9 Å². The van der Waals surface area contributed by atoms with E-state index in [1.165, 1.54) is 55.9 Å². The molecule has 0 radical (unpaired) electrons. The minimum absolute atomic E-state index is 0.0378. The molecular formula is C68H98N10O14. The van der Waals surface area contributed by atoms with Crippen LogP contribution >= 0.6 is 0 Å². The van der Waals surface area contributed by atoms with E-state index in [1.54, 1.807) is 47.5 Å². The van der Waals surface area contributed by atoms with Crippen LogP contribution in [0.25, 0.3) is 0 Å². The Balaban J connectivity index is 1.62. The molecule has 0 spiro atoms. The highest BCUT2D eigenvalue weighted by Gasteiger charge is 2.43. The molecule has 1 aliphatic rings.